The Kier molecular flexibility index (Phi) is 3.88. The molecule has 0 aliphatic carbocycles. The van der Waals surface area contributed by atoms with Crippen LogP contribution in [0.1, 0.15) is 15.4 Å². The lowest BCUT2D eigenvalue weighted by Gasteiger charge is -2.10. The highest BCUT2D eigenvalue weighted by molar-refractivity contribution is 7.80. The third kappa shape index (κ3) is 3.02. The zero-order valence-corrected chi connectivity index (χ0v) is 11.4. The molecule has 0 fully saturated rings. The topological polar surface area (TPSA) is 50.9 Å². The molecule has 2 aromatic rings. The molecule has 1 aromatic heterocycles. The van der Waals surface area contributed by atoms with Gasteiger partial charge in [-0.1, -0.05) is 12.2 Å². The van der Waals surface area contributed by atoms with Gasteiger partial charge in [0.2, 0.25) is 0 Å². The maximum atomic E-state index is 13.1. The van der Waals surface area contributed by atoms with Gasteiger partial charge in [0.25, 0.3) is 0 Å². The first kappa shape index (κ1) is 12.9. The fourth-order valence-electron chi connectivity index (χ4n) is 1.54. The Morgan fingerprint density at radius 3 is 2.94 bits per heavy atom. The molecule has 6 heteroatoms. The zero-order chi connectivity index (χ0) is 13.1. The molecule has 94 valence electrons. The van der Waals surface area contributed by atoms with E-state index in [4.69, 9.17) is 18.0 Å². The number of aryl methyl sites for hydroxylation is 1. The number of benzene rings is 1. The minimum atomic E-state index is -0.350. The predicted octanol–water partition coefficient (Wildman–Crippen LogP) is 2.84. The molecule has 18 heavy (non-hydrogen) atoms. The summed E-state index contributed by atoms with van der Waals surface area (Å²) >= 11 is 6.52. The number of hydrogen-bond acceptors (Lipinski definition) is 4. The number of halogens is 1. The van der Waals surface area contributed by atoms with Gasteiger partial charge in [0, 0.05) is 22.3 Å². The Morgan fingerprint density at radius 1 is 1.56 bits per heavy atom. The molecule has 1 aromatic carbocycles. The van der Waals surface area contributed by atoms with Crippen LogP contribution >= 0.6 is 23.6 Å². The Morgan fingerprint density at radius 2 is 2.33 bits per heavy atom. The number of thiazole rings is 1. The molecule has 1 heterocycles. The molecule has 0 atom stereocenters. The van der Waals surface area contributed by atoms with Crippen LogP contribution in [0, 0.1) is 12.7 Å². The lowest BCUT2D eigenvalue weighted by Crippen LogP contribution is -2.13. The van der Waals surface area contributed by atoms with E-state index >= 15 is 0 Å². The summed E-state index contributed by atoms with van der Waals surface area (Å²) in [6.45, 7) is 2.57. The predicted molar refractivity (Wildman–Crippen MR) is 76.5 cm³/mol. The van der Waals surface area contributed by atoms with Gasteiger partial charge in [-0.25, -0.2) is 9.37 Å². The van der Waals surface area contributed by atoms with Gasteiger partial charge in [-0.15, -0.1) is 11.3 Å². The molecule has 3 nitrogen and oxygen atoms in total. The first-order valence-electron chi connectivity index (χ1n) is 5.31. The van der Waals surface area contributed by atoms with Crippen LogP contribution in [-0.4, -0.2) is 9.97 Å². The maximum Gasteiger partial charge on any atom is 0.124 e. The highest BCUT2D eigenvalue weighted by atomic mass is 32.1. The van der Waals surface area contributed by atoms with Crippen molar-refractivity contribution in [3.63, 3.8) is 0 Å². The van der Waals surface area contributed by atoms with Crippen LogP contribution in [0.25, 0.3) is 0 Å². The molecular weight excluding hydrogens is 269 g/mol. The number of nitrogens with zero attached hydrogens (tertiary/aromatic N) is 1. The summed E-state index contributed by atoms with van der Waals surface area (Å²) in [6.07, 6.45) is 1.82. The third-order valence-corrected chi connectivity index (χ3v) is 3.50. The highest BCUT2D eigenvalue weighted by Crippen LogP contribution is 2.19. The van der Waals surface area contributed by atoms with Gasteiger partial charge in [0.15, 0.2) is 0 Å². The van der Waals surface area contributed by atoms with Crippen molar-refractivity contribution in [1.29, 1.82) is 0 Å². The van der Waals surface area contributed by atoms with Crippen molar-refractivity contribution >= 4 is 34.2 Å². The summed E-state index contributed by atoms with van der Waals surface area (Å²) in [4.78, 5) is 5.45. The van der Waals surface area contributed by atoms with Crippen LogP contribution in [0.2, 0.25) is 0 Å². The smallest absolute Gasteiger partial charge is 0.124 e. The van der Waals surface area contributed by atoms with E-state index < -0.39 is 0 Å². The second kappa shape index (κ2) is 5.41. The van der Waals surface area contributed by atoms with Crippen LogP contribution < -0.4 is 11.1 Å². The number of nitrogens with two attached hydrogens (primary N) is 1. The third-order valence-electron chi connectivity index (χ3n) is 2.37. The Balaban J connectivity index is 2.16. The van der Waals surface area contributed by atoms with Crippen molar-refractivity contribution in [2.45, 2.75) is 13.5 Å². The van der Waals surface area contributed by atoms with E-state index in [0.29, 0.717) is 12.1 Å². The van der Waals surface area contributed by atoms with Crippen molar-refractivity contribution in [3.05, 3.63) is 45.7 Å². The van der Waals surface area contributed by atoms with E-state index in [9.17, 15) is 4.39 Å². The first-order chi connectivity index (χ1) is 8.56. The second-order valence-electron chi connectivity index (χ2n) is 3.75. The van der Waals surface area contributed by atoms with Crippen LogP contribution in [-0.2, 0) is 6.54 Å². The van der Waals surface area contributed by atoms with Gasteiger partial charge in [-0.3, -0.25) is 0 Å². The minimum absolute atomic E-state index is 0.178. The van der Waals surface area contributed by atoms with Crippen LogP contribution in [0.15, 0.2) is 24.4 Å². The average molecular weight is 281 g/mol. The van der Waals surface area contributed by atoms with Crippen LogP contribution in [0.3, 0.4) is 0 Å². The first-order valence-corrected chi connectivity index (χ1v) is 6.53. The largest absolute Gasteiger partial charge is 0.389 e. The second-order valence-corrected chi connectivity index (χ2v) is 5.51. The summed E-state index contributed by atoms with van der Waals surface area (Å²) in [6, 6.07) is 4.35. The number of hydrogen-bond donors (Lipinski definition) is 2. The van der Waals surface area contributed by atoms with Crippen LogP contribution in [0.5, 0.6) is 0 Å². The normalized spacial score (nSPS) is 10.3. The van der Waals surface area contributed by atoms with Gasteiger partial charge in [0.1, 0.15) is 10.8 Å². The Bertz CT molecular complexity index is 580. The van der Waals surface area contributed by atoms with Gasteiger partial charge < -0.3 is 11.1 Å². The van der Waals surface area contributed by atoms with E-state index in [0.717, 1.165) is 15.6 Å². The van der Waals surface area contributed by atoms with Gasteiger partial charge in [0.05, 0.1) is 11.6 Å². The molecule has 2 rings (SSSR count). The van der Waals surface area contributed by atoms with Crippen LogP contribution in [0.4, 0.5) is 10.1 Å². The zero-order valence-electron chi connectivity index (χ0n) is 9.74. The van der Waals surface area contributed by atoms with Crippen molar-refractivity contribution in [3.8, 4) is 0 Å². The Hall–Kier alpha value is -1.53. The average Bonchev–Trinajstić information content (AvgIpc) is 2.73. The van der Waals surface area contributed by atoms with Gasteiger partial charge in [-0.05, 0) is 25.1 Å². The molecule has 0 spiro atoms. The van der Waals surface area contributed by atoms with E-state index in [2.05, 4.69) is 10.3 Å². The number of anilines is 1. The molecule has 3 N–H and O–H groups in total. The summed E-state index contributed by atoms with van der Waals surface area (Å²) in [7, 11) is 0. The summed E-state index contributed by atoms with van der Waals surface area (Å²) in [5.41, 5.74) is 6.82. The standard InChI is InChI=1S/C12H12FN3S2/c1-7-15-5-9(18-7)6-16-11-3-2-8(13)4-10(11)12(14)17/h2-5,16H,6H2,1H3,(H2,14,17). The fraction of sp³-hybridized carbons (Fsp3) is 0.167. The number of thiocarbonyl (C=S) groups is 1. The summed E-state index contributed by atoms with van der Waals surface area (Å²) in [5.74, 6) is -0.350. The highest BCUT2D eigenvalue weighted by Gasteiger charge is 2.07. The molecule has 0 aliphatic rings. The SMILES string of the molecule is Cc1ncc(CNc2ccc(F)cc2C(N)=S)s1. The van der Waals surface area contributed by atoms with Crippen molar-refractivity contribution in [2.75, 3.05) is 5.32 Å². The molecule has 0 saturated carbocycles. The molecule has 0 saturated heterocycles. The molecule has 0 bridgehead atoms. The van der Waals surface area contributed by atoms with Crippen molar-refractivity contribution in [1.82, 2.24) is 4.98 Å². The number of aromatic nitrogens is 1. The van der Waals surface area contributed by atoms with E-state index in [-0.39, 0.29) is 10.8 Å². The van der Waals surface area contributed by atoms with E-state index in [1.54, 1.807) is 17.4 Å². The number of nitrogens with one attached hydrogen (secondary N) is 1. The molecule has 0 radical (unpaired) electrons. The quantitative estimate of drug-likeness (QED) is 0.846. The summed E-state index contributed by atoms with van der Waals surface area (Å²) < 4.78 is 13.1. The van der Waals surface area contributed by atoms with Gasteiger partial charge >= 0.3 is 0 Å². The Labute approximate surface area is 114 Å². The van der Waals surface area contributed by atoms with E-state index in [1.165, 1.54) is 12.1 Å². The maximum absolute atomic E-state index is 13.1. The van der Waals surface area contributed by atoms with Crippen molar-refractivity contribution < 1.29 is 4.39 Å². The van der Waals surface area contributed by atoms with Crippen molar-refractivity contribution in [2.24, 2.45) is 5.73 Å². The summed E-state index contributed by atoms with van der Waals surface area (Å²) in [5, 5.41) is 4.20. The lowest BCUT2D eigenvalue weighted by molar-refractivity contribution is 0.627. The van der Waals surface area contributed by atoms with E-state index in [1.807, 2.05) is 13.1 Å². The molecular formula is C12H12FN3S2. The van der Waals surface area contributed by atoms with Gasteiger partial charge in [-0.2, -0.15) is 0 Å². The molecule has 0 amide bonds. The monoisotopic (exact) mass is 281 g/mol. The lowest BCUT2D eigenvalue weighted by atomic mass is 10.1. The molecule has 0 unspecified atom stereocenters. The number of rotatable bonds is 4. The minimum Gasteiger partial charge on any atom is -0.389 e. The molecule has 0 aliphatic heterocycles. The fourth-order valence-corrected chi connectivity index (χ4v) is 2.45.